The van der Waals surface area contributed by atoms with Gasteiger partial charge in [0.15, 0.2) is 0 Å². The number of nitrogens with two attached hydrogens (primary N) is 1. The Morgan fingerprint density at radius 2 is 1.55 bits per heavy atom. The van der Waals surface area contributed by atoms with Crippen molar-refractivity contribution in [1.29, 1.82) is 0 Å². The van der Waals surface area contributed by atoms with Crippen LogP contribution in [0.25, 0.3) is 0 Å². The van der Waals surface area contributed by atoms with Crippen molar-refractivity contribution in [2.45, 2.75) is 25.4 Å². The quantitative estimate of drug-likeness (QED) is 0.710. The van der Waals surface area contributed by atoms with Crippen molar-refractivity contribution in [3.63, 3.8) is 0 Å². The second-order valence-corrected chi connectivity index (χ2v) is 9.99. The molecule has 0 bridgehead atoms. The van der Waals surface area contributed by atoms with E-state index in [0.29, 0.717) is 31.3 Å². The summed E-state index contributed by atoms with van der Waals surface area (Å²) in [5.74, 6) is 1.15. The lowest BCUT2D eigenvalue weighted by Crippen LogP contribution is -2.38. The second-order valence-electron chi connectivity index (χ2n) is 9.99. The molecule has 3 aliphatic heterocycles. The van der Waals surface area contributed by atoms with E-state index >= 15 is 0 Å². The number of nitrogens with zero attached hydrogens (tertiary/aromatic N) is 3. The van der Waals surface area contributed by atoms with Crippen LogP contribution in [0.5, 0.6) is 0 Å². The predicted octanol–water partition coefficient (Wildman–Crippen LogP) is 2.52. The van der Waals surface area contributed by atoms with Crippen LogP contribution in [-0.4, -0.2) is 65.8 Å². The van der Waals surface area contributed by atoms with Crippen LogP contribution in [0.2, 0.25) is 0 Å². The molecule has 3 heterocycles. The largest absolute Gasteiger partial charge is 0.342 e. The van der Waals surface area contributed by atoms with Crippen molar-refractivity contribution in [3.05, 3.63) is 71.8 Å². The summed E-state index contributed by atoms with van der Waals surface area (Å²) in [7, 11) is 0. The molecular weight excluding hydrogens is 412 g/mol. The third-order valence-corrected chi connectivity index (χ3v) is 7.64. The van der Waals surface area contributed by atoms with E-state index in [2.05, 4.69) is 17.0 Å². The first kappa shape index (κ1) is 22.1. The summed E-state index contributed by atoms with van der Waals surface area (Å²) in [5, 5.41) is 0. The van der Waals surface area contributed by atoms with E-state index in [1.54, 1.807) is 0 Å². The molecule has 3 aliphatic rings. The molecular formula is C27H34N4O2. The smallest absolute Gasteiger partial charge is 0.228 e. The summed E-state index contributed by atoms with van der Waals surface area (Å²) in [6, 6.07) is 20.4. The number of hydrogen-bond donors (Lipinski definition) is 1. The summed E-state index contributed by atoms with van der Waals surface area (Å²) < 4.78 is 0. The minimum absolute atomic E-state index is 0.0726. The zero-order valence-electron chi connectivity index (χ0n) is 19.2. The zero-order valence-corrected chi connectivity index (χ0v) is 19.2. The zero-order chi connectivity index (χ0) is 22.8. The molecule has 2 aromatic carbocycles. The summed E-state index contributed by atoms with van der Waals surface area (Å²) in [5.41, 5.74) is 8.69. The molecule has 0 aromatic heterocycles. The van der Waals surface area contributed by atoms with Crippen LogP contribution >= 0.6 is 0 Å². The first-order valence-electron chi connectivity index (χ1n) is 12.2. The average molecular weight is 447 g/mol. The van der Waals surface area contributed by atoms with Crippen molar-refractivity contribution in [2.75, 3.05) is 39.3 Å². The van der Waals surface area contributed by atoms with E-state index in [-0.39, 0.29) is 23.8 Å². The second kappa shape index (κ2) is 9.65. The van der Waals surface area contributed by atoms with Gasteiger partial charge in [-0.15, -0.1) is 0 Å². The van der Waals surface area contributed by atoms with Crippen molar-refractivity contribution >= 4 is 11.8 Å². The molecule has 0 spiro atoms. The number of benzene rings is 2. The maximum absolute atomic E-state index is 13.2. The van der Waals surface area contributed by atoms with Gasteiger partial charge in [-0.05, 0) is 35.9 Å². The molecule has 0 radical (unpaired) electrons. The van der Waals surface area contributed by atoms with E-state index in [1.165, 1.54) is 5.56 Å². The molecule has 0 saturated carbocycles. The highest BCUT2D eigenvalue weighted by Crippen LogP contribution is 2.33. The highest BCUT2D eigenvalue weighted by molar-refractivity contribution is 5.89. The summed E-state index contributed by atoms with van der Waals surface area (Å²) >= 11 is 0. The highest BCUT2D eigenvalue weighted by Gasteiger charge is 2.44. The summed E-state index contributed by atoms with van der Waals surface area (Å²) in [6.45, 7) is 5.88. The predicted molar refractivity (Wildman–Crippen MR) is 128 cm³/mol. The fourth-order valence-electron chi connectivity index (χ4n) is 5.79. The van der Waals surface area contributed by atoms with E-state index in [0.717, 1.165) is 44.7 Å². The normalized spacial score (nSPS) is 26.1. The van der Waals surface area contributed by atoms with Gasteiger partial charge in [-0.1, -0.05) is 60.7 Å². The Morgan fingerprint density at radius 1 is 0.909 bits per heavy atom. The van der Waals surface area contributed by atoms with Gasteiger partial charge in [-0.3, -0.25) is 9.59 Å². The van der Waals surface area contributed by atoms with Crippen molar-refractivity contribution in [1.82, 2.24) is 14.7 Å². The molecule has 2 N–H and O–H groups in total. The maximum Gasteiger partial charge on any atom is 0.228 e. The van der Waals surface area contributed by atoms with Crippen LogP contribution in [0.4, 0.5) is 0 Å². The summed E-state index contributed by atoms with van der Waals surface area (Å²) in [4.78, 5) is 32.1. The third-order valence-electron chi connectivity index (χ3n) is 7.64. The van der Waals surface area contributed by atoms with Gasteiger partial charge in [-0.25, -0.2) is 0 Å². The number of carbonyl (C=O) groups is 2. The number of amides is 2. The SMILES string of the molecule is N[C@@H](CCN1CC2CN(C(=O)C3CC(=O)N(Cc4ccccc4)C3)CC2C1)c1ccccc1. The first-order chi connectivity index (χ1) is 16.1. The fourth-order valence-corrected chi connectivity index (χ4v) is 5.79. The molecule has 6 nitrogen and oxygen atoms in total. The number of likely N-dealkylation sites (tertiary alicyclic amines) is 3. The van der Waals surface area contributed by atoms with Crippen molar-refractivity contribution < 1.29 is 9.59 Å². The van der Waals surface area contributed by atoms with Gasteiger partial charge in [0, 0.05) is 51.7 Å². The molecule has 2 aromatic rings. The Balaban J connectivity index is 1.08. The minimum Gasteiger partial charge on any atom is -0.342 e. The van der Waals surface area contributed by atoms with Gasteiger partial charge < -0.3 is 20.4 Å². The summed E-state index contributed by atoms with van der Waals surface area (Å²) in [6.07, 6.45) is 1.30. The van der Waals surface area contributed by atoms with Crippen LogP contribution in [-0.2, 0) is 16.1 Å². The van der Waals surface area contributed by atoms with Crippen LogP contribution in [0.1, 0.15) is 30.0 Å². The van der Waals surface area contributed by atoms with Crippen LogP contribution in [0.15, 0.2) is 60.7 Å². The average Bonchev–Trinajstić information content (AvgIpc) is 3.52. The number of carbonyl (C=O) groups excluding carboxylic acids is 2. The monoisotopic (exact) mass is 446 g/mol. The van der Waals surface area contributed by atoms with Gasteiger partial charge in [0.1, 0.15) is 0 Å². The maximum atomic E-state index is 13.2. The van der Waals surface area contributed by atoms with Crippen LogP contribution < -0.4 is 5.73 Å². The Labute approximate surface area is 196 Å². The standard InChI is InChI=1S/C27H34N4O2/c28-25(21-9-5-2-6-10-21)11-12-29-15-23-18-31(19-24(23)16-29)27(33)22-13-26(32)30(17-22)14-20-7-3-1-4-8-20/h1-10,22-25H,11-19,28H2/t22?,23?,24?,25-/m0/s1. The van der Waals surface area contributed by atoms with Crippen LogP contribution in [0, 0.1) is 17.8 Å². The first-order valence-corrected chi connectivity index (χ1v) is 12.2. The molecule has 6 heteroatoms. The Bertz CT molecular complexity index is 953. The Hall–Kier alpha value is -2.70. The van der Waals surface area contributed by atoms with E-state index < -0.39 is 0 Å². The lowest BCUT2D eigenvalue weighted by molar-refractivity contribution is -0.135. The lowest BCUT2D eigenvalue weighted by atomic mass is 10.0. The van der Waals surface area contributed by atoms with Crippen LogP contribution in [0.3, 0.4) is 0 Å². The van der Waals surface area contributed by atoms with Gasteiger partial charge >= 0.3 is 0 Å². The molecule has 174 valence electrons. The molecule has 3 fully saturated rings. The van der Waals surface area contributed by atoms with Crippen molar-refractivity contribution in [3.8, 4) is 0 Å². The highest BCUT2D eigenvalue weighted by atomic mass is 16.2. The molecule has 0 aliphatic carbocycles. The van der Waals surface area contributed by atoms with Gasteiger partial charge in [0.25, 0.3) is 0 Å². The topological polar surface area (TPSA) is 69.9 Å². The van der Waals surface area contributed by atoms with Crippen molar-refractivity contribution in [2.24, 2.45) is 23.5 Å². The molecule has 3 unspecified atom stereocenters. The van der Waals surface area contributed by atoms with Gasteiger partial charge in [0.2, 0.25) is 11.8 Å². The number of fused-ring (bicyclic) bond motifs is 1. The molecule has 33 heavy (non-hydrogen) atoms. The minimum atomic E-state index is -0.194. The molecule has 3 saturated heterocycles. The molecule has 4 atom stereocenters. The molecule has 5 rings (SSSR count). The van der Waals surface area contributed by atoms with Gasteiger partial charge in [0.05, 0.1) is 5.92 Å². The van der Waals surface area contributed by atoms with E-state index in [4.69, 9.17) is 5.73 Å². The Morgan fingerprint density at radius 3 is 2.21 bits per heavy atom. The third kappa shape index (κ3) is 4.97. The number of rotatable bonds is 7. The van der Waals surface area contributed by atoms with Gasteiger partial charge in [-0.2, -0.15) is 0 Å². The molecule has 2 amide bonds. The fraction of sp³-hybridized carbons (Fsp3) is 0.481. The van der Waals surface area contributed by atoms with E-state index in [1.807, 2.05) is 58.3 Å². The van der Waals surface area contributed by atoms with E-state index in [9.17, 15) is 9.59 Å². The Kier molecular flexibility index (Phi) is 6.47. The lowest BCUT2D eigenvalue weighted by Gasteiger charge is -2.24. The number of hydrogen-bond acceptors (Lipinski definition) is 4.